The van der Waals surface area contributed by atoms with E-state index in [1.54, 1.807) is 0 Å². The van der Waals surface area contributed by atoms with Gasteiger partial charge in [-0.15, -0.1) is 5.10 Å². The molecule has 1 aliphatic heterocycles. The first-order chi connectivity index (χ1) is 8.67. The highest BCUT2D eigenvalue weighted by atomic mass is 15.4. The second-order valence-electron chi connectivity index (χ2n) is 5.71. The van der Waals surface area contributed by atoms with Gasteiger partial charge in [-0.05, 0) is 25.3 Å². The molecule has 0 amide bonds. The molecule has 1 fully saturated rings. The molecule has 0 bridgehead atoms. The van der Waals surface area contributed by atoms with Gasteiger partial charge in [0.2, 0.25) is 0 Å². The molecule has 0 saturated carbocycles. The van der Waals surface area contributed by atoms with E-state index in [9.17, 15) is 0 Å². The van der Waals surface area contributed by atoms with Crippen LogP contribution >= 0.6 is 0 Å². The minimum absolute atomic E-state index is 0.789. The predicted molar refractivity (Wildman–Crippen MR) is 72.2 cm³/mol. The quantitative estimate of drug-likeness (QED) is 0.847. The maximum atomic E-state index is 4.16. The van der Waals surface area contributed by atoms with Crippen LogP contribution in [0.5, 0.6) is 0 Å². The first-order valence-corrected chi connectivity index (χ1v) is 6.93. The summed E-state index contributed by atoms with van der Waals surface area (Å²) in [4.78, 5) is 2.55. The minimum Gasteiger partial charge on any atom is -0.314 e. The molecule has 2 unspecified atom stereocenters. The number of piperidine rings is 1. The fourth-order valence-corrected chi connectivity index (χ4v) is 2.93. The summed E-state index contributed by atoms with van der Waals surface area (Å²) in [6.45, 7) is 9.96. The van der Waals surface area contributed by atoms with Crippen LogP contribution < -0.4 is 5.32 Å². The molecule has 18 heavy (non-hydrogen) atoms. The minimum atomic E-state index is 0.789. The van der Waals surface area contributed by atoms with E-state index < -0.39 is 0 Å². The van der Waals surface area contributed by atoms with Gasteiger partial charge in [0.15, 0.2) is 0 Å². The highest BCUT2D eigenvalue weighted by molar-refractivity contribution is 4.91. The molecule has 1 aliphatic rings. The molecule has 0 aromatic carbocycles. The van der Waals surface area contributed by atoms with Gasteiger partial charge < -0.3 is 10.2 Å². The lowest BCUT2D eigenvalue weighted by Crippen LogP contribution is -2.40. The topological polar surface area (TPSA) is 46.0 Å². The number of nitrogens with zero attached hydrogens (tertiary/aromatic N) is 4. The Labute approximate surface area is 110 Å². The van der Waals surface area contributed by atoms with Crippen molar-refractivity contribution in [3.8, 4) is 0 Å². The summed E-state index contributed by atoms with van der Waals surface area (Å²) < 4.78 is 1.95. The Morgan fingerprint density at radius 1 is 1.28 bits per heavy atom. The van der Waals surface area contributed by atoms with E-state index >= 15 is 0 Å². The summed E-state index contributed by atoms with van der Waals surface area (Å²) in [5.74, 6) is 1.65. The lowest BCUT2D eigenvalue weighted by Gasteiger charge is -2.34. The Morgan fingerprint density at radius 3 is 2.67 bits per heavy atom. The van der Waals surface area contributed by atoms with Crippen LogP contribution in [0.2, 0.25) is 0 Å². The van der Waals surface area contributed by atoms with Crippen molar-refractivity contribution in [1.29, 1.82) is 0 Å². The van der Waals surface area contributed by atoms with E-state index in [2.05, 4.69) is 34.4 Å². The van der Waals surface area contributed by atoms with E-state index in [1.165, 1.54) is 19.5 Å². The molecule has 5 heteroatoms. The van der Waals surface area contributed by atoms with E-state index in [-0.39, 0.29) is 0 Å². The first-order valence-electron chi connectivity index (χ1n) is 6.93. The molecular formula is C13H25N5. The predicted octanol–water partition coefficient (Wildman–Crippen LogP) is 0.975. The van der Waals surface area contributed by atoms with E-state index in [4.69, 9.17) is 0 Å². The average Bonchev–Trinajstić information content (AvgIpc) is 2.74. The lowest BCUT2D eigenvalue weighted by atomic mass is 9.92. The van der Waals surface area contributed by atoms with Crippen LogP contribution in [-0.4, -0.2) is 46.6 Å². The second kappa shape index (κ2) is 6.29. The van der Waals surface area contributed by atoms with Crippen LogP contribution in [-0.2, 0) is 13.1 Å². The van der Waals surface area contributed by atoms with Gasteiger partial charge in [-0.25, -0.2) is 0 Å². The molecule has 5 nitrogen and oxygen atoms in total. The van der Waals surface area contributed by atoms with Crippen LogP contribution in [0.4, 0.5) is 0 Å². The third-order valence-electron chi connectivity index (χ3n) is 3.53. The van der Waals surface area contributed by atoms with Crippen LogP contribution in [0, 0.1) is 11.8 Å². The van der Waals surface area contributed by atoms with Crippen molar-refractivity contribution < 1.29 is 0 Å². The van der Waals surface area contributed by atoms with Gasteiger partial charge in [0.1, 0.15) is 0 Å². The number of aromatic nitrogens is 3. The molecule has 1 saturated heterocycles. The summed E-state index contributed by atoms with van der Waals surface area (Å²) in [6, 6.07) is 0. The van der Waals surface area contributed by atoms with Gasteiger partial charge in [0, 0.05) is 32.4 Å². The third kappa shape index (κ3) is 3.78. The van der Waals surface area contributed by atoms with E-state index in [1.807, 2.05) is 17.9 Å². The van der Waals surface area contributed by atoms with Crippen molar-refractivity contribution >= 4 is 0 Å². The molecule has 1 N–H and O–H groups in total. The van der Waals surface area contributed by atoms with Crippen molar-refractivity contribution in [2.45, 2.75) is 33.4 Å². The summed E-state index contributed by atoms with van der Waals surface area (Å²) in [5.41, 5.74) is 1.01. The Bertz CT molecular complexity index is 352. The molecule has 2 atom stereocenters. The van der Waals surface area contributed by atoms with Crippen molar-refractivity contribution in [3.05, 3.63) is 11.9 Å². The number of rotatable bonds is 5. The Kier molecular flexibility index (Phi) is 4.72. The Morgan fingerprint density at radius 2 is 2.00 bits per heavy atom. The maximum absolute atomic E-state index is 4.16. The SMILES string of the molecule is CNCc1cn(CCN2CC(C)CC(C)C2)nn1. The number of nitrogens with one attached hydrogen (secondary N) is 1. The van der Waals surface area contributed by atoms with Crippen LogP contribution in [0.25, 0.3) is 0 Å². The standard InChI is InChI=1S/C13H25N5/c1-11-6-12(2)9-17(8-11)4-5-18-10-13(7-14-3)15-16-18/h10-12,14H,4-9H2,1-3H3. The molecule has 2 heterocycles. The molecule has 1 aromatic rings. The molecule has 0 radical (unpaired) electrons. The van der Waals surface area contributed by atoms with Crippen molar-refractivity contribution in [1.82, 2.24) is 25.2 Å². The molecule has 2 rings (SSSR count). The number of hydrogen-bond donors (Lipinski definition) is 1. The summed E-state index contributed by atoms with van der Waals surface area (Å²) in [7, 11) is 1.93. The lowest BCUT2D eigenvalue weighted by molar-refractivity contribution is 0.135. The fraction of sp³-hybridized carbons (Fsp3) is 0.846. The zero-order chi connectivity index (χ0) is 13.0. The number of likely N-dealkylation sites (tertiary alicyclic amines) is 1. The van der Waals surface area contributed by atoms with Crippen LogP contribution in [0.15, 0.2) is 6.20 Å². The van der Waals surface area contributed by atoms with Gasteiger partial charge in [-0.3, -0.25) is 4.68 Å². The zero-order valence-electron chi connectivity index (χ0n) is 11.8. The molecule has 102 valence electrons. The van der Waals surface area contributed by atoms with Gasteiger partial charge in [0.25, 0.3) is 0 Å². The monoisotopic (exact) mass is 251 g/mol. The summed E-state index contributed by atoms with van der Waals surface area (Å²) >= 11 is 0. The summed E-state index contributed by atoms with van der Waals surface area (Å²) in [5, 5.41) is 11.4. The first kappa shape index (κ1) is 13.5. The van der Waals surface area contributed by atoms with Crippen LogP contribution in [0.3, 0.4) is 0 Å². The molecular weight excluding hydrogens is 226 g/mol. The van der Waals surface area contributed by atoms with Gasteiger partial charge in [-0.1, -0.05) is 19.1 Å². The average molecular weight is 251 g/mol. The third-order valence-corrected chi connectivity index (χ3v) is 3.53. The van der Waals surface area contributed by atoms with E-state index in [0.29, 0.717) is 0 Å². The zero-order valence-corrected chi connectivity index (χ0v) is 11.8. The molecule has 0 aliphatic carbocycles. The Hall–Kier alpha value is -0.940. The summed E-state index contributed by atoms with van der Waals surface area (Å²) in [6.07, 6.45) is 3.40. The highest BCUT2D eigenvalue weighted by Gasteiger charge is 2.21. The van der Waals surface area contributed by atoms with Crippen molar-refractivity contribution in [2.24, 2.45) is 11.8 Å². The van der Waals surface area contributed by atoms with Gasteiger partial charge >= 0.3 is 0 Å². The largest absolute Gasteiger partial charge is 0.314 e. The van der Waals surface area contributed by atoms with E-state index in [0.717, 1.165) is 37.2 Å². The smallest absolute Gasteiger partial charge is 0.0964 e. The van der Waals surface area contributed by atoms with Gasteiger partial charge in [0.05, 0.1) is 12.2 Å². The maximum Gasteiger partial charge on any atom is 0.0964 e. The van der Waals surface area contributed by atoms with Crippen LogP contribution in [0.1, 0.15) is 26.0 Å². The fourth-order valence-electron chi connectivity index (χ4n) is 2.93. The van der Waals surface area contributed by atoms with Gasteiger partial charge in [-0.2, -0.15) is 0 Å². The normalized spacial score (nSPS) is 25.5. The number of hydrogen-bond acceptors (Lipinski definition) is 4. The van der Waals surface area contributed by atoms with Crippen molar-refractivity contribution in [3.63, 3.8) is 0 Å². The molecule has 1 aromatic heterocycles. The highest BCUT2D eigenvalue weighted by Crippen LogP contribution is 2.20. The second-order valence-corrected chi connectivity index (χ2v) is 5.71. The van der Waals surface area contributed by atoms with Crippen molar-refractivity contribution in [2.75, 3.05) is 26.7 Å². The molecule has 0 spiro atoms. The Balaban J connectivity index is 1.79.